The van der Waals surface area contributed by atoms with Gasteiger partial charge in [-0.05, 0) is 69.4 Å². The fourth-order valence-electron chi connectivity index (χ4n) is 4.13. The zero-order valence-corrected chi connectivity index (χ0v) is 21.6. The molecule has 0 fully saturated rings. The third-order valence-corrected chi connectivity index (χ3v) is 9.03. The summed E-state index contributed by atoms with van der Waals surface area (Å²) in [4.78, 5) is 26.9. The first-order valence-electron chi connectivity index (χ1n) is 11.4. The van der Waals surface area contributed by atoms with Gasteiger partial charge in [-0.1, -0.05) is 35.4 Å². The number of fused-ring (bicyclic) bond motifs is 1. The molecule has 1 N–H and O–H groups in total. The molecule has 1 aliphatic rings. The molecule has 2 aromatic carbocycles. The summed E-state index contributed by atoms with van der Waals surface area (Å²) in [5.74, 6) is -1.03. The maximum atomic E-state index is 13.6. The minimum atomic E-state index is -4.02. The standard InChI is InChI=1S/C26H28N2O5S2/c1-17-8-12-19(13-9-17)28(35(31,32)20-14-10-18(2)11-15-20)16-23(29)27-25-24(26(30)33-3)21-6-4-5-7-22(21)34-25/h8-15H,4-7,16H2,1-3H3,(H,27,29). The number of benzene rings is 2. The summed E-state index contributed by atoms with van der Waals surface area (Å²) in [6, 6.07) is 13.5. The van der Waals surface area contributed by atoms with Gasteiger partial charge in [-0.25, -0.2) is 13.2 Å². The van der Waals surface area contributed by atoms with Crippen molar-refractivity contribution in [1.82, 2.24) is 0 Å². The second-order valence-electron chi connectivity index (χ2n) is 8.62. The Morgan fingerprint density at radius 2 is 1.57 bits per heavy atom. The van der Waals surface area contributed by atoms with Gasteiger partial charge < -0.3 is 10.1 Å². The number of sulfonamides is 1. The first-order valence-corrected chi connectivity index (χ1v) is 13.6. The highest BCUT2D eigenvalue weighted by Crippen LogP contribution is 2.38. The Labute approximate surface area is 209 Å². The van der Waals surface area contributed by atoms with Crippen molar-refractivity contribution in [2.24, 2.45) is 0 Å². The van der Waals surface area contributed by atoms with Gasteiger partial charge in [0.2, 0.25) is 5.91 Å². The Morgan fingerprint density at radius 3 is 2.20 bits per heavy atom. The van der Waals surface area contributed by atoms with E-state index in [0.717, 1.165) is 51.6 Å². The van der Waals surface area contributed by atoms with Crippen LogP contribution in [-0.4, -0.2) is 33.9 Å². The number of nitrogens with one attached hydrogen (secondary N) is 1. The number of amides is 1. The average molecular weight is 513 g/mol. The molecule has 0 atom stereocenters. The number of rotatable bonds is 7. The molecule has 0 saturated heterocycles. The Kier molecular flexibility index (Phi) is 7.28. The molecular formula is C26H28N2O5S2. The highest BCUT2D eigenvalue weighted by atomic mass is 32.2. The summed E-state index contributed by atoms with van der Waals surface area (Å²) in [6.45, 7) is 3.34. The van der Waals surface area contributed by atoms with Crippen molar-refractivity contribution in [1.29, 1.82) is 0 Å². The van der Waals surface area contributed by atoms with Crippen LogP contribution >= 0.6 is 11.3 Å². The minimum Gasteiger partial charge on any atom is -0.465 e. The lowest BCUT2D eigenvalue weighted by atomic mass is 9.95. The first kappa shape index (κ1) is 24.9. The molecular weight excluding hydrogens is 484 g/mol. The maximum absolute atomic E-state index is 13.6. The smallest absolute Gasteiger partial charge is 0.341 e. The van der Waals surface area contributed by atoms with E-state index in [4.69, 9.17) is 4.74 Å². The van der Waals surface area contributed by atoms with Crippen molar-refractivity contribution >= 4 is 43.9 Å². The number of nitrogens with zero attached hydrogens (tertiary/aromatic N) is 1. The third-order valence-electron chi connectivity index (χ3n) is 6.03. The molecule has 0 radical (unpaired) electrons. The molecule has 4 rings (SSSR count). The van der Waals surface area contributed by atoms with Crippen LogP contribution in [0, 0.1) is 13.8 Å². The summed E-state index contributed by atoms with van der Waals surface area (Å²) in [5, 5.41) is 3.21. The van der Waals surface area contributed by atoms with Crippen molar-refractivity contribution in [2.75, 3.05) is 23.3 Å². The lowest BCUT2D eigenvalue weighted by Crippen LogP contribution is -2.38. The second kappa shape index (κ2) is 10.2. The molecule has 1 amide bonds. The summed E-state index contributed by atoms with van der Waals surface area (Å²) in [7, 11) is -2.71. The number of hydrogen-bond donors (Lipinski definition) is 1. The van der Waals surface area contributed by atoms with E-state index in [1.54, 1.807) is 36.4 Å². The number of carbonyl (C=O) groups excluding carboxylic acids is 2. The number of ether oxygens (including phenoxy) is 1. The largest absolute Gasteiger partial charge is 0.465 e. The number of methoxy groups -OCH3 is 1. The fourth-order valence-corrected chi connectivity index (χ4v) is 6.85. The Bertz CT molecular complexity index is 1340. The average Bonchev–Trinajstić information content (AvgIpc) is 3.20. The topological polar surface area (TPSA) is 92.8 Å². The van der Waals surface area contributed by atoms with Gasteiger partial charge >= 0.3 is 5.97 Å². The molecule has 3 aromatic rings. The van der Waals surface area contributed by atoms with E-state index in [9.17, 15) is 18.0 Å². The molecule has 35 heavy (non-hydrogen) atoms. The van der Waals surface area contributed by atoms with E-state index in [0.29, 0.717) is 16.3 Å². The molecule has 0 aliphatic heterocycles. The van der Waals surface area contributed by atoms with Crippen LogP contribution in [0.1, 0.15) is 44.8 Å². The van der Waals surface area contributed by atoms with E-state index in [1.807, 2.05) is 13.8 Å². The molecule has 7 nitrogen and oxygen atoms in total. The zero-order valence-electron chi connectivity index (χ0n) is 20.0. The second-order valence-corrected chi connectivity index (χ2v) is 11.6. The predicted molar refractivity (Wildman–Crippen MR) is 138 cm³/mol. The van der Waals surface area contributed by atoms with E-state index in [1.165, 1.54) is 30.6 Å². The highest BCUT2D eigenvalue weighted by Gasteiger charge is 2.30. The van der Waals surface area contributed by atoms with Crippen LogP contribution in [0.25, 0.3) is 0 Å². The summed E-state index contributed by atoms with van der Waals surface area (Å²) in [6.07, 6.45) is 3.59. The first-order chi connectivity index (χ1) is 16.7. The normalized spacial score (nSPS) is 13.1. The third kappa shape index (κ3) is 5.26. The Balaban J connectivity index is 1.67. The number of thiophene rings is 1. The van der Waals surface area contributed by atoms with E-state index < -0.39 is 28.4 Å². The lowest BCUT2D eigenvalue weighted by Gasteiger charge is -2.24. The molecule has 1 aliphatic carbocycles. The van der Waals surface area contributed by atoms with Crippen LogP contribution in [-0.2, 0) is 32.4 Å². The van der Waals surface area contributed by atoms with Gasteiger partial charge in [0, 0.05) is 4.88 Å². The quantitative estimate of drug-likeness (QED) is 0.456. The number of aryl methyl sites for hydroxylation is 3. The Hall–Kier alpha value is -3.17. The summed E-state index contributed by atoms with van der Waals surface area (Å²) < 4.78 is 33.2. The fraction of sp³-hybridized carbons (Fsp3) is 0.308. The van der Waals surface area contributed by atoms with Gasteiger partial charge in [-0.2, -0.15) is 0 Å². The van der Waals surface area contributed by atoms with Gasteiger partial charge in [0.1, 0.15) is 11.5 Å². The monoisotopic (exact) mass is 512 g/mol. The van der Waals surface area contributed by atoms with Gasteiger partial charge in [-0.15, -0.1) is 11.3 Å². The summed E-state index contributed by atoms with van der Waals surface area (Å²) >= 11 is 1.36. The van der Waals surface area contributed by atoms with Crippen LogP contribution in [0.15, 0.2) is 53.4 Å². The van der Waals surface area contributed by atoms with Crippen molar-refractivity contribution in [3.8, 4) is 0 Å². The molecule has 0 unspecified atom stereocenters. The highest BCUT2D eigenvalue weighted by molar-refractivity contribution is 7.92. The molecule has 1 heterocycles. The van der Waals surface area contributed by atoms with E-state index >= 15 is 0 Å². The van der Waals surface area contributed by atoms with Crippen LogP contribution in [0.5, 0.6) is 0 Å². The van der Waals surface area contributed by atoms with Gasteiger partial charge in [0.25, 0.3) is 10.0 Å². The molecule has 0 spiro atoms. The SMILES string of the molecule is COC(=O)c1c(NC(=O)CN(c2ccc(C)cc2)S(=O)(=O)c2ccc(C)cc2)sc2c1CCCC2. The van der Waals surface area contributed by atoms with Crippen LogP contribution in [0.4, 0.5) is 10.7 Å². The maximum Gasteiger partial charge on any atom is 0.341 e. The zero-order chi connectivity index (χ0) is 25.2. The minimum absolute atomic E-state index is 0.0957. The van der Waals surface area contributed by atoms with Gasteiger partial charge in [-0.3, -0.25) is 9.10 Å². The van der Waals surface area contributed by atoms with Crippen LogP contribution in [0.2, 0.25) is 0 Å². The molecule has 184 valence electrons. The number of carbonyl (C=O) groups is 2. The molecule has 0 saturated carbocycles. The molecule has 1 aromatic heterocycles. The molecule has 0 bridgehead atoms. The Morgan fingerprint density at radius 1 is 0.971 bits per heavy atom. The number of esters is 1. The van der Waals surface area contributed by atoms with Crippen molar-refractivity contribution in [2.45, 2.75) is 44.4 Å². The van der Waals surface area contributed by atoms with Crippen LogP contribution in [0.3, 0.4) is 0 Å². The number of hydrogen-bond acceptors (Lipinski definition) is 6. The van der Waals surface area contributed by atoms with Crippen LogP contribution < -0.4 is 9.62 Å². The van der Waals surface area contributed by atoms with Gasteiger partial charge in [0.15, 0.2) is 0 Å². The predicted octanol–water partition coefficient (Wildman–Crippen LogP) is 4.86. The van der Waals surface area contributed by atoms with Gasteiger partial charge in [0.05, 0.1) is 23.3 Å². The van der Waals surface area contributed by atoms with Crippen molar-refractivity contribution in [3.63, 3.8) is 0 Å². The van der Waals surface area contributed by atoms with E-state index in [2.05, 4.69) is 5.32 Å². The molecule has 9 heteroatoms. The van der Waals surface area contributed by atoms with E-state index in [-0.39, 0.29) is 4.90 Å². The number of anilines is 2. The van der Waals surface area contributed by atoms with Crippen molar-refractivity contribution < 1.29 is 22.7 Å². The summed E-state index contributed by atoms with van der Waals surface area (Å²) in [5.41, 5.74) is 3.58. The van der Waals surface area contributed by atoms with Crippen molar-refractivity contribution in [3.05, 3.63) is 75.7 Å². The lowest BCUT2D eigenvalue weighted by molar-refractivity contribution is -0.114.